The summed E-state index contributed by atoms with van der Waals surface area (Å²) in [7, 11) is 1.88. The van der Waals surface area contributed by atoms with Gasteiger partial charge in [-0.25, -0.2) is 0 Å². The summed E-state index contributed by atoms with van der Waals surface area (Å²) in [6, 6.07) is 2.08. The molecule has 2 aromatic rings. The molecule has 1 N–H and O–H groups in total. The summed E-state index contributed by atoms with van der Waals surface area (Å²) in [5.41, 5.74) is 3.99. The maximum absolute atomic E-state index is 12.8. The monoisotopic (exact) mass is 343 g/mol. The Labute approximate surface area is 149 Å². The number of H-pyrrole nitrogens is 1. The van der Waals surface area contributed by atoms with E-state index in [0.717, 1.165) is 42.8 Å². The molecule has 0 aromatic carbocycles. The first-order valence-electron chi connectivity index (χ1n) is 9.36. The molecular formula is C19H29N5O. The highest BCUT2D eigenvalue weighted by Crippen LogP contribution is 2.33. The number of aromatic nitrogens is 4. The fraction of sp³-hybridized carbons (Fsp3) is 0.632. The van der Waals surface area contributed by atoms with Crippen LogP contribution in [0.4, 0.5) is 0 Å². The Balaban J connectivity index is 1.57. The van der Waals surface area contributed by atoms with Crippen LogP contribution in [-0.2, 0) is 6.54 Å². The molecule has 0 bridgehead atoms. The fourth-order valence-electron chi connectivity index (χ4n) is 3.84. The molecule has 1 aliphatic carbocycles. The molecule has 6 nitrogen and oxygen atoms in total. The van der Waals surface area contributed by atoms with Gasteiger partial charge in [-0.05, 0) is 39.2 Å². The van der Waals surface area contributed by atoms with Gasteiger partial charge in [0.05, 0.1) is 23.1 Å². The molecule has 0 saturated heterocycles. The minimum absolute atomic E-state index is 0.0719. The average molecular weight is 343 g/mol. The van der Waals surface area contributed by atoms with Crippen LogP contribution in [0.25, 0.3) is 0 Å². The van der Waals surface area contributed by atoms with Crippen molar-refractivity contribution in [2.24, 2.45) is 0 Å². The van der Waals surface area contributed by atoms with Crippen LogP contribution in [0.1, 0.15) is 71.9 Å². The molecule has 3 rings (SSSR count). The van der Waals surface area contributed by atoms with Crippen LogP contribution in [-0.4, -0.2) is 44.4 Å². The highest BCUT2D eigenvalue weighted by molar-refractivity contribution is 5.95. The molecule has 0 unspecified atom stereocenters. The van der Waals surface area contributed by atoms with Crippen LogP contribution in [0.15, 0.2) is 12.3 Å². The number of aryl methyl sites for hydroxylation is 3. The molecule has 0 atom stereocenters. The summed E-state index contributed by atoms with van der Waals surface area (Å²) in [6.45, 7) is 5.62. The zero-order chi connectivity index (χ0) is 17.8. The molecule has 2 aromatic heterocycles. The Bertz CT molecular complexity index is 711. The predicted molar refractivity (Wildman–Crippen MR) is 97.7 cm³/mol. The molecule has 0 spiro atoms. The van der Waals surface area contributed by atoms with Crippen LogP contribution in [0.3, 0.4) is 0 Å². The zero-order valence-electron chi connectivity index (χ0n) is 15.6. The molecule has 1 aliphatic rings. The van der Waals surface area contributed by atoms with E-state index in [2.05, 4.69) is 28.3 Å². The van der Waals surface area contributed by atoms with Gasteiger partial charge in [0, 0.05) is 31.7 Å². The number of carbonyl (C=O) groups excluding carboxylic acids is 1. The van der Waals surface area contributed by atoms with Gasteiger partial charge in [0.15, 0.2) is 0 Å². The van der Waals surface area contributed by atoms with E-state index >= 15 is 0 Å². The lowest BCUT2D eigenvalue weighted by atomic mass is 9.85. The lowest BCUT2D eigenvalue weighted by molar-refractivity contribution is 0.0789. The minimum atomic E-state index is 0.0719. The Morgan fingerprint density at radius 2 is 2.08 bits per heavy atom. The number of hydrogen-bond donors (Lipinski definition) is 1. The Kier molecular flexibility index (Phi) is 5.56. The van der Waals surface area contributed by atoms with Gasteiger partial charge in [-0.15, -0.1) is 0 Å². The average Bonchev–Trinajstić information content (AvgIpc) is 3.21. The number of hydrogen-bond acceptors (Lipinski definition) is 3. The Morgan fingerprint density at radius 1 is 1.32 bits per heavy atom. The van der Waals surface area contributed by atoms with Crippen molar-refractivity contribution in [3.8, 4) is 0 Å². The normalized spacial score (nSPS) is 15.5. The van der Waals surface area contributed by atoms with Gasteiger partial charge < -0.3 is 4.90 Å². The topological polar surface area (TPSA) is 66.8 Å². The number of nitrogens with zero attached hydrogens (tertiary/aromatic N) is 4. The van der Waals surface area contributed by atoms with E-state index in [1.165, 1.54) is 25.0 Å². The SMILES string of the molecule is Cc1cc(C)n(CCCN(C)C(=O)c2cn[nH]c2C2CCCCC2)n1. The molecule has 136 valence electrons. The summed E-state index contributed by atoms with van der Waals surface area (Å²) >= 11 is 0. The molecule has 25 heavy (non-hydrogen) atoms. The summed E-state index contributed by atoms with van der Waals surface area (Å²) in [5, 5.41) is 11.7. The fourth-order valence-corrected chi connectivity index (χ4v) is 3.84. The van der Waals surface area contributed by atoms with E-state index in [4.69, 9.17) is 0 Å². The zero-order valence-corrected chi connectivity index (χ0v) is 15.6. The van der Waals surface area contributed by atoms with Gasteiger partial charge in [0.1, 0.15) is 0 Å². The first-order chi connectivity index (χ1) is 12.1. The third-order valence-electron chi connectivity index (χ3n) is 5.23. The number of aromatic amines is 1. The van der Waals surface area contributed by atoms with Crippen molar-refractivity contribution in [1.82, 2.24) is 24.9 Å². The van der Waals surface area contributed by atoms with Crippen LogP contribution in [0.5, 0.6) is 0 Å². The summed E-state index contributed by atoms with van der Waals surface area (Å²) in [5.74, 6) is 0.529. The maximum Gasteiger partial charge on any atom is 0.257 e. The molecule has 0 aliphatic heterocycles. The molecule has 1 fully saturated rings. The van der Waals surface area contributed by atoms with Crippen molar-refractivity contribution in [3.63, 3.8) is 0 Å². The second-order valence-electron chi connectivity index (χ2n) is 7.26. The lowest BCUT2D eigenvalue weighted by Crippen LogP contribution is -2.29. The predicted octanol–water partition coefficient (Wildman–Crippen LogP) is 3.43. The Morgan fingerprint density at radius 3 is 2.76 bits per heavy atom. The molecule has 1 saturated carbocycles. The molecule has 1 amide bonds. The van der Waals surface area contributed by atoms with Crippen molar-refractivity contribution >= 4 is 5.91 Å². The van der Waals surface area contributed by atoms with Gasteiger partial charge in [-0.1, -0.05) is 19.3 Å². The summed E-state index contributed by atoms with van der Waals surface area (Å²) in [6.07, 6.45) is 8.70. The maximum atomic E-state index is 12.8. The number of nitrogens with one attached hydrogen (secondary N) is 1. The Hall–Kier alpha value is -2.11. The second kappa shape index (κ2) is 7.85. The first kappa shape index (κ1) is 17.7. The molecule has 6 heteroatoms. The van der Waals surface area contributed by atoms with Gasteiger partial charge in [0.25, 0.3) is 5.91 Å². The summed E-state index contributed by atoms with van der Waals surface area (Å²) in [4.78, 5) is 14.6. The van der Waals surface area contributed by atoms with E-state index in [1.807, 2.05) is 23.6 Å². The largest absolute Gasteiger partial charge is 0.342 e. The summed E-state index contributed by atoms with van der Waals surface area (Å²) < 4.78 is 2.01. The van der Waals surface area contributed by atoms with E-state index in [-0.39, 0.29) is 5.91 Å². The second-order valence-corrected chi connectivity index (χ2v) is 7.26. The van der Waals surface area contributed by atoms with Gasteiger partial charge in [0.2, 0.25) is 0 Å². The number of amides is 1. The van der Waals surface area contributed by atoms with Crippen LogP contribution >= 0.6 is 0 Å². The van der Waals surface area contributed by atoms with E-state index < -0.39 is 0 Å². The first-order valence-corrected chi connectivity index (χ1v) is 9.36. The van der Waals surface area contributed by atoms with Crippen LogP contribution in [0, 0.1) is 13.8 Å². The highest BCUT2D eigenvalue weighted by atomic mass is 16.2. The van der Waals surface area contributed by atoms with Gasteiger partial charge in [-0.3, -0.25) is 14.6 Å². The third-order valence-corrected chi connectivity index (χ3v) is 5.23. The van der Waals surface area contributed by atoms with Crippen LogP contribution in [0.2, 0.25) is 0 Å². The van der Waals surface area contributed by atoms with Crippen molar-refractivity contribution in [1.29, 1.82) is 0 Å². The van der Waals surface area contributed by atoms with Crippen molar-refractivity contribution < 1.29 is 4.79 Å². The van der Waals surface area contributed by atoms with Crippen molar-refractivity contribution in [2.45, 2.75) is 64.8 Å². The van der Waals surface area contributed by atoms with Crippen molar-refractivity contribution in [3.05, 3.63) is 34.9 Å². The minimum Gasteiger partial charge on any atom is -0.342 e. The van der Waals surface area contributed by atoms with Gasteiger partial charge >= 0.3 is 0 Å². The third kappa shape index (κ3) is 4.11. The van der Waals surface area contributed by atoms with Gasteiger partial charge in [-0.2, -0.15) is 10.2 Å². The van der Waals surface area contributed by atoms with Crippen molar-refractivity contribution in [2.75, 3.05) is 13.6 Å². The lowest BCUT2D eigenvalue weighted by Gasteiger charge is -2.23. The van der Waals surface area contributed by atoms with E-state index in [1.54, 1.807) is 6.20 Å². The molecular weight excluding hydrogens is 314 g/mol. The quantitative estimate of drug-likeness (QED) is 0.874. The van der Waals surface area contributed by atoms with E-state index in [9.17, 15) is 4.79 Å². The standard InChI is InChI=1S/C19H29N5O/c1-14-12-15(2)24(22-14)11-7-10-23(3)19(25)17-13-20-21-18(17)16-8-5-4-6-9-16/h12-13,16H,4-11H2,1-3H3,(H,20,21). The molecule has 2 heterocycles. The molecule has 0 radical (unpaired) electrons. The smallest absolute Gasteiger partial charge is 0.257 e. The number of carbonyl (C=O) groups is 1. The highest BCUT2D eigenvalue weighted by Gasteiger charge is 2.24. The van der Waals surface area contributed by atoms with E-state index in [0.29, 0.717) is 12.5 Å². The number of rotatable bonds is 6. The van der Waals surface area contributed by atoms with Crippen LogP contribution < -0.4 is 0 Å².